The second kappa shape index (κ2) is 8.60. The Kier molecular flexibility index (Phi) is 6.17. The van der Waals surface area contributed by atoms with Crippen LogP contribution in [-0.4, -0.2) is 33.7 Å². The molecule has 2 aromatic heterocycles. The van der Waals surface area contributed by atoms with Crippen molar-refractivity contribution in [3.63, 3.8) is 0 Å². The molecular weight excluding hydrogens is 417 g/mol. The Morgan fingerprint density at radius 2 is 2.03 bits per heavy atom. The number of halogens is 2. The van der Waals surface area contributed by atoms with Crippen LogP contribution in [0, 0.1) is 6.92 Å². The van der Waals surface area contributed by atoms with Gasteiger partial charge in [0.15, 0.2) is 5.82 Å². The van der Waals surface area contributed by atoms with E-state index in [-0.39, 0.29) is 29.4 Å². The summed E-state index contributed by atoms with van der Waals surface area (Å²) in [4.78, 5) is 29.1. The number of rotatable bonds is 6. The van der Waals surface area contributed by atoms with Crippen molar-refractivity contribution in [3.05, 3.63) is 69.1 Å². The Morgan fingerprint density at radius 1 is 1.28 bits per heavy atom. The van der Waals surface area contributed by atoms with E-state index in [0.29, 0.717) is 21.3 Å². The lowest BCUT2D eigenvalue weighted by Crippen LogP contribution is -2.21. The summed E-state index contributed by atoms with van der Waals surface area (Å²) in [6.45, 7) is 1.89. The minimum atomic E-state index is -0.716. The van der Waals surface area contributed by atoms with Crippen molar-refractivity contribution < 1.29 is 14.3 Å². The van der Waals surface area contributed by atoms with Crippen molar-refractivity contribution in [2.75, 3.05) is 12.4 Å². The van der Waals surface area contributed by atoms with Crippen molar-refractivity contribution in [1.29, 1.82) is 0 Å². The van der Waals surface area contributed by atoms with E-state index in [9.17, 15) is 9.59 Å². The number of pyridine rings is 1. The summed E-state index contributed by atoms with van der Waals surface area (Å²) >= 11 is 12.2. The molecule has 10 heteroatoms. The summed E-state index contributed by atoms with van der Waals surface area (Å²) in [7, 11) is 1.52. The topological polar surface area (TPSA) is 112 Å². The summed E-state index contributed by atoms with van der Waals surface area (Å²) in [6.07, 6.45) is 1.54. The zero-order chi connectivity index (χ0) is 21.1. The lowest BCUT2D eigenvalue weighted by molar-refractivity contribution is 0.100. The molecule has 0 aliphatic heterocycles. The van der Waals surface area contributed by atoms with E-state index < -0.39 is 11.8 Å². The molecule has 0 atom stereocenters. The average molecular weight is 434 g/mol. The zero-order valence-electron chi connectivity index (χ0n) is 15.6. The van der Waals surface area contributed by atoms with E-state index in [2.05, 4.69) is 15.4 Å². The maximum absolute atomic E-state index is 13.1. The van der Waals surface area contributed by atoms with E-state index >= 15 is 0 Å². The van der Waals surface area contributed by atoms with Crippen molar-refractivity contribution in [1.82, 2.24) is 14.8 Å². The van der Waals surface area contributed by atoms with E-state index in [1.807, 2.05) is 0 Å². The standard InChI is InChI=1S/C19H17Cl2N5O3/c1-10-6-11(20)7-13(17(22)27)16(10)24-19(28)15-8-12(9-29-2)25-26(15)18-14(21)4-3-5-23-18/h3-8H,9H2,1-2H3,(H2,22,27)(H,24,28). The average Bonchev–Trinajstić information content (AvgIpc) is 3.08. The van der Waals surface area contributed by atoms with Gasteiger partial charge >= 0.3 is 0 Å². The van der Waals surface area contributed by atoms with Gasteiger partial charge in [-0.3, -0.25) is 9.59 Å². The van der Waals surface area contributed by atoms with Gasteiger partial charge in [0.25, 0.3) is 11.8 Å². The maximum atomic E-state index is 13.1. The molecule has 150 valence electrons. The van der Waals surface area contributed by atoms with Gasteiger partial charge in [-0.2, -0.15) is 5.10 Å². The van der Waals surface area contributed by atoms with Gasteiger partial charge in [-0.1, -0.05) is 23.2 Å². The fourth-order valence-corrected chi connectivity index (χ4v) is 3.26. The number of nitrogens with two attached hydrogens (primary N) is 1. The summed E-state index contributed by atoms with van der Waals surface area (Å²) < 4.78 is 6.43. The van der Waals surface area contributed by atoms with Crippen LogP contribution in [0.1, 0.15) is 32.1 Å². The predicted octanol–water partition coefficient (Wildman–Crippen LogP) is 3.38. The molecule has 3 aromatic rings. The molecule has 0 aliphatic carbocycles. The van der Waals surface area contributed by atoms with Crippen LogP contribution in [0.4, 0.5) is 5.69 Å². The first-order valence-electron chi connectivity index (χ1n) is 8.42. The highest BCUT2D eigenvalue weighted by atomic mass is 35.5. The number of carbonyl (C=O) groups excluding carboxylic acids is 2. The molecule has 0 saturated heterocycles. The molecule has 0 fully saturated rings. The number of hydrogen-bond acceptors (Lipinski definition) is 5. The first-order chi connectivity index (χ1) is 13.8. The molecule has 1 aromatic carbocycles. The lowest BCUT2D eigenvalue weighted by Gasteiger charge is -2.13. The number of ether oxygens (including phenoxy) is 1. The van der Waals surface area contributed by atoms with Crippen LogP contribution in [0.3, 0.4) is 0 Å². The summed E-state index contributed by atoms with van der Waals surface area (Å²) in [5.41, 5.74) is 7.04. The number of aryl methyl sites for hydroxylation is 1. The Hall–Kier alpha value is -2.94. The molecule has 29 heavy (non-hydrogen) atoms. The number of aromatic nitrogens is 3. The first kappa shape index (κ1) is 20.8. The first-order valence-corrected chi connectivity index (χ1v) is 9.17. The highest BCUT2D eigenvalue weighted by Crippen LogP contribution is 2.27. The summed E-state index contributed by atoms with van der Waals surface area (Å²) in [5, 5.41) is 7.73. The van der Waals surface area contributed by atoms with E-state index in [4.69, 9.17) is 33.7 Å². The van der Waals surface area contributed by atoms with Gasteiger partial charge in [0, 0.05) is 18.3 Å². The molecule has 2 amide bonds. The van der Waals surface area contributed by atoms with Crippen molar-refractivity contribution in [2.24, 2.45) is 5.73 Å². The van der Waals surface area contributed by atoms with Gasteiger partial charge in [0.2, 0.25) is 0 Å². The smallest absolute Gasteiger partial charge is 0.274 e. The van der Waals surface area contributed by atoms with Gasteiger partial charge in [-0.25, -0.2) is 9.67 Å². The Labute approximate surface area is 176 Å². The van der Waals surface area contributed by atoms with E-state index in [1.165, 1.54) is 24.1 Å². The Balaban J connectivity index is 2.07. The molecule has 0 bridgehead atoms. The lowest BCUT2D eigenvalue weighted by atomic mass is 10.1. The molecular formula is C19H17Cl2N5O3. The SMILES string of the molecule is COCc1cc(C(=O)Nc2c(C)cc(Cl)cc2C(N)=O)n(-c2ncccc2Cl)n1. The number of nitrogens with zero attached hydrogens (tertiary/aromatic N) is 3. The zero-order valence-corrected chi connectivity index (χ0v) is 17.1. The van der Waals surface area contributed by atoms with Gasteiger partial charge in [0.1, 0.15) is 5.69 Å². The molecule has 3 rings (SSSR count). The van der Waals surface area contributed by atoms with Crippen LogP contribution in [-0.2, 0) is 11.3 Å². The Bertz CT molecular complexity index is 1100. The minimum absolute atomic E-state index is 0.0994. The Morgan fingerprint density at radius 3 is 2.69 bits per heavy atom. The monoisotopic (exact) mass is 433 g/mol. The van der Waals surface area contributed by atoms with Gasteiger partial charge in [-0.05, 0) is 42.8 Å². The second-order valence-corrected chi connectivity index (χ2v) is 6.98. The van der Waals surface area contributed by atoms with Gasteiger partial charge in [-0.15, -0.1) is 0 Å². The molecule has 2 heterocycles. The van der Waals surface area contributed by atoms with Crippen LogP contribution >= 0.6 is 23.2 Å². The number of amides is 2. The molecule has 0 radical (unpaired) electrons. The minimum Gasteiger partial charge on any atom is -0.378 e. The summed E-state index contributed by atoms with van der Waals surface area (Å²) in [6, 6.07) is 7.88. The molecule has 3 N–H and O–H groups in total. The fourth-order valence-electron chi connectivity index (χ4n) is 2.79. The van der Waals surface area contributed by atoms with Crippen LogP contribution < -0.4 is 11.1 Å². The molecule has 0 unspecified atom stereocenters. The molecule has 0 aliphatic rings. The number of nitrogens with one attached hydrogen (secondary N) is 1. The number of hydrogen-bond donors (Lipinski definition) is 2. The van der Waals surface area contributed by atoms with Gasteiger partial charge in [0.05, 0.1) is 28.6 Å². The van der Waals surface area contributed by atoms with Crippen molar-refractivity contribution in [3.8, 4) is 5.82 Å². The maximum Gasteiger partial charge on any atom is 0.274 e. The largest absolute Gasteiger partial charge is 0.378 e. The van der Waals surface area contributed by atoms with E-state index in [1.54, 1.807) is 31.2 Å². The molecule has 8 nitrogen and oxygen atoms in total. The number of primary amides is 1. The predicted molar refractivity (Wildman–Crippen MR) is 110 cm³/mol. The van der Waals surface area contributed by atoms with Crippen molar-refractivity contribution >= 4 is 40.7 Å². The number of methoxy groups -OCH3 is 1. The second-order valence-electron chi connectivity index (χ2n) is 6.14. The van der Waals surface area contributed by atoms with Crippen LogP contribution in [0.5, 0.6) is 0 Å². The number of benzene rings is 1. The third-order valence-corrected chi connectivity index (χ3v) is 4.54. The molecule has 0 saturated carbocycles. The van der Waals surface area contributed by atoms with Crippen LogP contribution in [0.15, 0.2) is 36.5 Å². The van der Waals surface area contributed by atoms with Crippen LogP contribution in [0.2, 0.25) is 10.0 Å². The third-order valence-electron chi connectivity index (χ3n) is 4.03. The third kappa shape index (κ3) is 4.40. The quantitative estimate of drug-likeness (QED) is 0.618. The van der Waals surface area contributed by atoms with Gasteiger partial charge < -0.3 is 15.8 Å². The molecule has 0 spiro atoms. The van der Waals surface area contributed by atoms with E-state index in [0.717, 1.165) is 0 Å². The summed E-state index contributed by atoms with van der Waals surface area (Å²) in [5.74, 6) is -0.966. The van der Waals surface area contributed by atoms with Crippen LogP contribution in [0.25, 0.3) is 5.82 Å². The normalized spacial score (nSPS) is 10.8. The number of carbonyl (C=O) groups is 2. The fraction of sp³-hybridized carbons (Fsp3) is 0.158. The number of anilines is 1. The van der Waals surface area contributed by atoms with Crippen molar-refractivity contribution in [2.45, 2.75) is 13.5 Å². The highest BCUT2D eigenvalue weighted by Gasteiger charge is 2.22. The highest BCUT2D eigenvalue weighted by molar-refractivity contribution is 6.32.